The second-order valence-corrected chi connectivity index (χ2v) is 13.8. The number of alkyl halides is 1. The highest BCUT2D eigenvalue weighted by atomic mass is 79.9. The molecule has 4 fully saturated rings. The average Bonchev–Trinajstić information content (AvgIpc) is 3.01. The van der Waals surface area contributed by atoms with E-state index in [1.54, 1.807) is 0 Å². The molecular formula is C27H45BrO. The van der Waals surface area contributed by atoms with Crippen LogP contribution in [0.2, 0.25) is 0 Å². The number of carbonyl (C=O) groups is 1. The van der Waals surface area contributed by atoms with E-state index in [9.17, 15) is 4.79 Å². The zero-order chi connectivity index (χ0) is 21.0. The molecule has 8 atom stereocenters. The fourth-order valence-electron chi connectivity index (χ4n) is 9.05. The molecule has 4 aliphatic rings. The number of fused-ring (bicyclic) bond motifs is 5. The van der Waals surface area contributed by atoms with Gasteiger partial charge in [0.15, 0.2) is 0 Å². The molecule has 0 amide bonds. The standard InChI is InChI=1S/C27H45BrO/c1-18(2)9-8-10-19(3)21-11-12-22-20-17-24(29)27(28)15-7-6-14-26(27,5)23(20)13-16-25(21,22)4/h18-23H,6-17H2,1-5H3/t19-,20+,21+,22-,23+,25-,26-,27+/m1/s1. The Hall–Kier alpha value is 0.150. The Morgan fingerprint density at radius 1 is 0.966 bits per heavy atom. The lowest BCUT2D eigenvalue weighted by atomic mass is 9.44. The van der Waals surface area contributed by atoms with E-state index in [1.165, 1.54) is 64.2 Å². The Bertz CT molecular complexity index is 628. The Labute approximate surface area is 188 Å². The molecule has 0 aromatic heterocycles. The molecule has 0 saturated heterocycles. The number of carbonyl (C=O) groups excluding carboxylic acids is 1. The summed E-state index contributed by atoms with van der Waals surface area (Å²) in [5, 5.41) is 0. The van der Waals surface area contributed by atoms with Gasteiger partial charge in [0.05, 0.1) is 4.32 Å². The van der Waals surface area contributed by atoms with Crippen LogP contribution in [0.25, 0.3) is 0 Å². The van der Waals surface area contributed by atoms with E-state index in [-0.39, 0.29) is 9.74 Å². The van der Waals surface area contributed by atoms with Crippen LogP contribution in [0.5, 0.6) is 0 Å². The average molecular weight is 466 g/mol. The summed E-state index contributed by atoms with van der Waals surface area (Å²) in [6, 6.07) is 0. The molecule has 166 valence electrons. The molecule has 0 aromatic carbocycles. The predicted octanol–water partition coefficient (Wildman–Crippen LogP) is 8.19. The van der Waals surface area contributed by atoms with Crippen molar-refractivity contribution in [3.05, 3.63) is 0 Å². The normalized spacial score (nSPS) is 48.2. The minimum atomic E-state index is -0.213. The third-order valence-corrected chi connectivity index (χ3v) is 12.4. The van der Waals surface area contributed by atoms with E-state index in [1.807, 2.05) is 0 Å². The molecule has 2 heteroatoms. The molecular weight excluding hydrogens is 420 g/mol. The zero-order valence-corrected chi connectivity index (χ0v) is 21.3. The molecule has 4 aliphatic carbocycles. The van der Waals surface area contributed by atoms with Gasteiger partial charge in [-0.1, -0.05) is 82.7 Å². The van der Waals surface area contributed by atoms with Gasteiger partial charge in [0.1, 0.15) is 5.78 Å². The molecule has 0 spiro atoms. The summed E-state index contributed by atoms with van der Waals surface area (Å²) >= 11 is 4.07. The maximum atomic E-state index is 13.5. The smallest absolute Gasteiger partial charge is 0.150 e. The fraction of sp³-hybridized carbons (Fsp3) is 0.963. The van der Waals surface area contributed by atoms with E-state index in [4.69, 9.17) is 0 Å². The van der Waals surface area contributed by atoms with Crippen LogP contribution in [-0.4, -0.2) is 10.1 Å². The van der Waals surface area contributed by atoms with Gasteiger partial charge in [0, 0.05) is 6.42 Å². The molecule has 0 bridgehead atoms. The molecule has 0 radical (unpaired) electrons. The van der Waals surface area contributed by atoms with Crippen LogP contribution in [0.4, 0.5) is 0 Å². The minimum absolute atomic E-state index is 0.188. The lowest BCUT2D eigenvalue weighted by Crippen LogP contribution is -2.62. The van der Waals surface area contributed by atoms with Gasteiger partial charge in [-0.05, 0) is 84.9 Å². The number of hydrogen-bond acceptors (Lipinski definition) is 1. The van der Waals surface area contributed by atoms with Gasteiger partial charge in [0.25, 0.3) is 0 Å². The Kier molecular flexibility index (Phi) is 6.11. The number of hydrogen-bond donors (Lipinski definition) is 0. The summed E-state index contributed by atoms with van der Waals surface area (Å²) in [5.74, 6) is 5.32. The molecule has 4 saturated carbocycles. The van der Waals surface area contributed by atoms with Crippen LogP contribution >= 0.6 is 15.9 Å². The molecule has 0 heterocycles. The highest BCUT2D eigenvalue weighted by Gasteiger charge is 2.66. The third kappa shape index (κ3) is 3.41. The van der Waals surface area contributed by atoms with Crippen molar-refractivity contribution in [1.82, 2.24) is 0 Å². The van der Waals surface area contributed by atoms with E-state index in [2.05, 4.69) is 50.5 Å². The monoisotopic (exact) mass is 464 g/mol. The van der Waals surface area contributed by atoms with E-state index >= 15 is 0 Å². The molecule has 0 N–H and O–H groups in total. The van der Waals surface area contributed by atoms with Crippen LogP contribution in [0.15, 0.2) is 0 Å². The Morgan fingerprint density at radius 2 is 1.69 bits per heavy atom. The molecule has 0 aliphatic heterocycles. The van der Waals surface area contributed by atoms with E-state index < -0.39 is 0 Å². The topological polar surface area (TPSA) is 17.1 Å². The number of ketones is 1. The zero-order valence-electron chi connectivity index (χ0n) is 19.7. The van der Waals surface area contributed by atoms with Crippen LogP contribution in [0, 0.1) is 46.3 Å². The molecule has 29 heavy (non-hydrogen) atoms. The third-order valence-electron chi connectivity index (χ3n) is 10.7. The van der Waals surface area contributed by atoms with Gasteiger partial charge in [-0.2, -0.15) is 0 Å². The number of halogens is 1. The molecule has 1 nitrogen and oxygen atoms in total. The number of rotatable bonds is 5. The number of Topliss-reactive ketones (excluding diaryl/α,β-unsaturated/α-hetero) is 1. The molecule has 0 aromatic rings. The quantitative estimate of drug-likeness (QED) is 0.374. The highest BCUT2D eigenvalue weighted by molar-refractivity contribution is 9.10. The SMILES string of the molecule is CC(C)CCC[C@@H](C)[C@@H]1CC[C@@H]2[C@@H]3CC(=O)[C@@]4(Br)CCCC[C@]4(C)[C@H]3CC[C@@]21C. The van der Waals surface area contributed by atoms with Crippen LogP contribution in [-0.2, 0) is 4.79 Å². The van der Waals surface area contributed by atoms with Crippen LogP contribution in [0.1, 0.15) is 112 Å². The first-order chi connectivity index (χ1) is 13.6. The van der Waals surface area contributed by atoms with Gasteiger partial charge in [-0.15, -0.1) is 0 Å². The van der Waals surface area contributed by atoms with Crippen LogP contribution in [0.3, 0.4) is 0 Å². The largest absolute Gasteiger partial charge is 0.298 e. The Balaban J connectivity index is 1.53. The second-order valence-electron chi connectivity index (χ2n) is 12.5. The maximum Gasteiger partial charge on any atom is 0.150 e. The van der Waals surface area contributed by atoms with Crippen molar-refractivity contribution in [3.8, 4) is 0 Å². The van der Waals surface area contributed by atoms with Crippen molar-refractivity contribution < 1.29 is 4.79 Å². The summed E-state index contributed by atoms with van der Waals surface area (Å²) in [4.78, 5) is 13.5. The van der Waals surface area contributed by atoms with Crippen molar-refractivity contribution in [3.63, 3.8) is 0 Å². The molecule has 0 unspecified atom stereocenters. The minimum Gasteiger partial charge on any atom is -0.298 e. The summed E-state index contributed by atoms with van der Waals surface area (Å²) in [6.45, 7) is 12.4. The summed E-state index contributed by atoms with van der Waals surface area (Å²) in [6.07, 6.45) is 15.5. The van der Waals surface area contributed by atoms with Gasteiger partial charge in [0.2, 0.25) is 0 Å². The van der Waals surface area contributed by atoms with Crippen molar-refractivity contribution in [2.24, 2.45) is 46.3 Å². The lowest BCUT2D eigenvalue weighted by molar-refractivity contribution is -0.148. The van der Waals surface area contributed by atoms with Crippen molar-refractivity contribution >= 4 is 21.7 Å². The fourth-order valence-corrected chi connectivity index (χ4v) is 9.98. The summed E-state index contributed by atoms with van der Waals surface area (Å²) in [7, 11) is 0. The van der Waals surface area contributed by atoms with Gasteiger partial charge >= 0.3 is 0 Å². The van der Waals surface area contributed by atoms with Crippen molar-refractivity contribution in [2.75, 3.05) is 0 Å². The Morgan fingerprint density at radius 3 is 2.41 bits per heavy atom. The second kappa shape index (κ2) is 7.93. The van der Waals surface area contributed by atoms with Crippen molar-refractivity contribution in [2.45, 2.75) is 116 Å². The van der Waals surface area contributed by atoms with Gasteiger partial charge < -0.3 is 0 Å². The maximum absolute atomic E-state index is 13.5. The predicted molar refractivity (Wildman–Crippen MR) is 126 cm³/mol. The first kappa shape index (κ1) is 22.3. The summed E-state index contributed by atoms with van der Waals surface area (Å²) < 4.78 is -0.213. The van der Waals surface area contributed by atoms with E-state index in [0.717, 1.165) is 42.4 Å². The van der Waals surface area contributed by atoms with E-state index in [0.29, 0.717) is 17.1 Å². The van der Waals surface area contributed by atoms with Crippen LogP contribution < -0.4 is 0 Å². The molecule has 4 rings (SSSR count). The van der Waals surface area contributed by atoms with Crippen molar-refractivity contribution in [1.29, 1.82) is 0 Å². The van der Waals surface area contributed by atoms with Gasteiger partial charge in [-0.25, -0.2) is 0 Å². The van der Waals surface area contributed by atoms with Gasteiger partial charge in [-0.3, -0.25) is 4.79 Å². The first-order valence-electron chi connectivity index (χ1n) is 12.9. The highest BCUT2D eigenvalue weighted by Crippen LogP contribution is 2.70. The first-order valence-corrected chi connectivity index (χ1v) is 13.6. The lowest BCUT2D eigenvalue weighted by Gasteiger charge is -2.63. The summed E-state index contributed by atoms with van der Waals surface area (Å²) in [5.41, 5.74) is 0.670.